The van der Waals surface area contributed by atoms with Gasteiger partial charge in [-0.25, -0.2) is 0 Å². The zero-order valence-corrected chi connectivity index (χ0v) is 15.8. The quantitative estimate of drug-likeness (QED) is 0.694. The van der Waals surface area contributed by atoms with Gasteiger partial charge < -0.3 is 15.5 Å². The fourth-order valence-electron chi connectivity index (χ4n) is 4.84. The van der Waals surface area contributed by atoms with Crippen LogP contribution < -0.4 is 10.6 Å². The summed E-state index contributed by atoms with van der Waals surface area (Å²) in [5, 5.41) is 6.71. The third kappa shape index (κ3) is 5.19. The Morgan fingerprint density at radius 3 is 2.36 bits per heavy atom. The summed E-state index contributed by atoms with van der Waals surface area (Å²) >= 11 is 0. The first-order valence-electron chi connectivity index (χ1n) is 10.5. The largest absolute Gasteiger partial charge is 0.356 e. The number of nitrogens with zero attached hydrogens (tertiary/aromatic N) is 1. The Morgan fingerprint density at radius 1 is 1.04 bits per heavy atom. The number of amides is 2. The predicted octanol–water partition coefficient (Wildman–Crippen LogP) is 2.45. The zero-order valence-electron chi connectivity index (χ0n) is 15.8. The van der Waals surface area contributed by atoms with E-state index in [4.69, 9.17) is 0 Å². The molecule has 2 atom stereocenters. The van der Waals surface area contributed by atoms with Gasteiger partial charge in [-0.05, 0) is 50.9 Å². The monoisotopic (exact) mass is 349 g/mol. The number of carbonyl (C=O) groups is 2. The summed E-state index contributed by atoms with van der Waals surface area (Å²) in [7, 11) is 0. The summed E-state index contributed by atoms with van der Waals surface area (Å²) in [6, 6.07) is 1.30. The summed E-state index contributed by atoms with van der Waals surface area (Å²) in [5.41, 5.74) is 0. The minimum atomic E-state index is 0.0976. The minimum absolute atomic E-state index is 0.0976. The maximum Gasteiger partial charge on any atom is 0.223 e. The molecule has 2 N–H and O–H groups in total. The third-order valence-corrected chi connectivity index (χ3v) is 6.33. The van der Waals surface area contributed by atoms with Gasteiger partial charge in [-0.2, -0.15) is 0 Å². The molecule has 3 rings (SSSR count). The standard InChI is InChI=1S/C20H35N3O2/c1-2-3-4-9-21-20(25)16-7-10-23(11-8-16)19(24)14-15-12-17-5-6-18(13-15)22-17/h15-18,22H,2-14H2,1H3,(H,21,25). The molecule has 0 radical (unpaired) electrons. The van der Waals surface area contributed by atoms with Gasteiger partial charge in [0.05, 0.1) is 0 Å². The van der Waals surface area contributed by atoms with Crippen molar-refractivity contribution in [3.63, 3.8) is 0 Å². The Balaban J connectivity index is 1.35. The Morgan fingerprint density at radius 2 is 1.72 bits per heavy atom. The molecule has 3 fully saturated rings. The van der Waals surface area contributed by atoms with Gasteiger partial charge in [-0.15, -0.1) is 0 Å². The van der Waals surface area contributed by atoms with Crippen molar-refractivity contribution in [3.05, 3.63) is 0 Å². The third-order valence-electron chi connectivity index (χ3n) is 6.33. The van der Waals surface area contributed by atoms with Gasteiger partial charge in [-0.3, -0.25) is 9.59 Å². The molecule has 2 unspecified atom stereocenters. The molecule has 2 amide bonds. The van der Waals surface area contributed by atoms with Gasteiger partial charge in [0, 0.05) is 44.1 Å². The predicted molar refractivity (Wildman–Crippen MR) is 99.1 cm³/mol. The minimum Gasteiger partial charge on any atom is -0.356 e. The second-order valence-electron chi connectivity index (χ2n) is 8.33. The van der Waals surface area contributed by atoms with Gasteiger partial charge in [0.2, 0.25) is 11.8 Å². The van der Waals surface area contributed by atoms with Crippen molar-refractivity contribution in [1.82, 2.24) is 15.5 Å². The van der Waals surface area contributed by atoms with Gasteiger partial charge in [0.1, 0.15) is 0 Å². The molecule has 0 aromatic carbocycles. The van der Waals surface area contributed by atoms with Crippen molar-refractivity contribution in [2.75, 3.05) is 19.6 Å². The Kier molecular flexibility index (Phi) is 6.74. The number of piperidine rings is 2. The molecule has 3 saturated heterocycles. The lowest BCUT2D eigenvalue weighted by atomic mass is 9.88. The fourth-order valence-corrected chi connectivity index (χ4v) is 4.84. The summed E-state index contributed by atoms with van der Waals surface area (Å²) in [5.74, 6) is 1.16. The van der Waals surface area contributed by atoms with E-state index in [2.05, 4.69) is 17.6 Å². The maximum absolute atomic E-state index is 12.6. The molecule has 0 aliphatic carbocycles. The lowest BCUT2D eigenvalue weighted by Gasteiger charge is -2.34. The highest BCUT2D eigenvalue weighted by atomic mass is 16.2. The van der Waals surface area contributed by atoms with Crippen LogP contribution in [0.1, 0.15) is 71.1 Å². The Bertz CT molecular complexity index is 448. The van der Waals surface area contributed by atoms with Crippen molar-refractivity contribution in [3.8, 4) is 0 Å². The van der Waals surface area contributed by atoms with Crippen molar-refractivity contribution in [1.29, 1.82) is 0 Å². The van der Waals surface area contributed by atoms with Gasteiger partial charge >= 0.3 is 0 Å². The first-order valence-corrected chi connectivity index (χ1v) is 10.5. The molecule has 25 heavy (non-hydrogen) atoms. The van der Waals surface area contributed by atoms with Crippen LogP contribution in [-0.2, 0) is 9.59 Å². The zero-order chi connectivity index (χ0) is 17.6. The van der Waals surface area contributed by atoms with Gasteiger partial charge in [0.15, 0.2) is 0 Å². The second kappa shape index (κ2) is 9.02. The number of likely N-dealkylation sites (tertiary alicyclic amines) is 1. The van der Waals surface area contributed by atoms with Crippen LogP contribution in [0.5, 0.6) is 0 Å². The first kappa shape index (κ1) is 18.7. The molecule has 5 nitrogen and oxygen atoms in total. The van der Waals surface area contributed by atoms with E-state index in [1.165, 1.54) is 38.5 Å². The number of carbonyl (C=O) groups excluding carboxylic acids is 2. The van der Waals surface area contributed by atoms with E-state index in [1.807, 2.05) is 4.90 Å². The molecular weight excluding hydrogens is 314 g/mol. The van der Waals surface area contributed by atoms with Crippen molar-refractivity contribution < 1.29 is 9.59 Å². The van der Waals surface area contributed by atoms with E-state index >= 15 is 0 Å². The first-order chi connectivity index (χ1) is 12.2. The molecule has 3 aliphatic rings. The SMILES string of the molecule is CCCCCNC(=O)C1CCN(C(=O)CC2CC3CCC(C2)N3)CC1. The van der Waals surface area contributed by atoms with Crippen LogP contribution in [0.2, 0.25) is 0 Å². The average Bonchev–Trinajstić information content (AvgIpc) is 2.97. The van der Waals surface area contributed by atoms with E-state index in [0.29, 0.717) is 30.3 Å². The molecule has 0 spiro atoms. The van der Waals surface area contributed by atoms with Gasteiger partial charge in [-0.1, -0.05) is 19.8 Å². The fraction of sp³-hybridized carbons (Fsp3) is 0.900. The van der Waals surface area contributed by atoms with Crippen LogP contribution in [0.3, 0.4) is 0 Å². The second-order valence-corrected chi connectivity index (χ2v) is 8.33. The molecule has 3 aliphatic heterocycles. The molecule has 142 valence electrons. The molecule has 0 aromatic rings. The van der Waals surface area contributed by atoms with Crippen LogP contribution in [0.15, 0.2) is 0 Å². The van der Waals surface area contributed by atoms with Crippen LogP contribution in [0.25, 0.3) is 0 Å². The maximum atomic E-state index is 12.6. The van der Waals surface area contributed by atoms with E-state index < -0.39 is 0 Å². The van der Waals surface area contributed by atoms with E-state index in [-0.39, 0.29) is 11.8 Å². The highest BCUT2D eigenvalue weighted by Crippen LogP contribution is 2.33. The van der Waals surface area contributed by atoms with E-state index in [9.17, 15) is 9.59 Å². The van der Waals surface area contributed by atoms with Gasteiger partial charge in [0.25, 0.3) is 0 Å². The summed E-state index contributed by atoms with van der Waals surface area (Å²) in [6.45, 7) is 4.47. The summed E-state index contributed by atoms with van der Waals surface area (Å²) in [6.07, 6.45) is 10.7. The van der Waals surface area contributed by atoms with Crippen LogP contribution in [0, 0.1) is 11.8 Å². The number of hydrogen-bond donors (Lipinski definition) is 2. The molecule has 0 aromatic heterocycles. The lowest BCUT2D eigenvalue weighted by Crippen LogP contribution is -2.45. The molecule has 5 heteroatoms. The van der Waals surface area contributed by atoms with E-state index in [1.54, 1.807) is 0 Å². The number of unbranched alkanes of at least 4 members (excludes halogenated alkanes) is 2. The Labute approximate surface area is 152 Å². The highest BCUT2D eigenvalue weighted by molar-refractivity contribution is 5.80. The molecule has 3 heterocycles. The summed E-state index contributed by atoms with van der Waals surface area (Å²) in [4.78, 5) is 26.8. The number of hydrogen-bond acceptors (Lipinski definition) is 3. The Hall–Kier alpha value is -1.10. The molecular formula is C20H35N3O2. The highest BCUT2D eigenvalue weighted by Gasteiger charge is 2.35. The molecule has 2 bridgehead atoms. The van der Waals surface area contributed by atoms with Crippen LogP contribution in [-0.4, -0.2) is 48.4 Å². The average molecular weight is 350 g/mol. The van der Waals surface area contributed by atoms with E-state index in [0.717, 1.165) is 38.9 Å². The lowest BCUT2D eigenvalue weighted by molar-refractivity contribution is -0.136. The van der Waals surface area contributed by atoms with Crippen LogP contribution in [0.4, 0.5) is 0 Å². The summed E-state index contributed by atoms with van der Waals surface area (Å²) < 4.78 is 0. The van der Waals surface area contributed by atoms with Crippen molar-refractivity contribution in [2.45, 2.75) is 83.2 Å². The number of rotatable bonds is 7. The van der Waals surface area contributed by atoms with Crippen molar-refractivity contribution in [2.24, 2.45) is 11.8 Å². The topological polar surface area (TPSA) is 61.4 Å². The van der Waals surface area contributed by atoms with Crippen LogP contribution >= 0.6 is 0 Å². The number of fused-ring (bicyclic) bond motifs is 2. The normalized spacial score (nSPS) is 29.6. The van der Waals surface area contributed by atoms with Crippen molar-refractivity contribution >= 4 is 11.8 Å². The number of nitrogens with one attached hydrogen (secondary N) is 2. The smallest absolute Gasteiger partial charge is 0.223 e. The molecule has 0 saturated carbocycles.